The lowest BCUT2D eigenvalue weighted by Gasteiger charge is -1.95. The highest BCUT2D eigenvalue weighted by atomic mass is 32.2. The van der Waals surface area contributed by atoms with Crippen LogP contribution in [-0.4, -0.2) is 27.8 Å². The quantitative estimate of drug-likeness (QED) is 0.545. The van der Waals surface area contributed by atoms with E-state index in [0.717, 1.165) is 12.8 Å². The fraction of sp³-hybridized carbons (Fsp3) is 0.500. The molecule has 21 heavy (non-hydrogen) atoms. The number of oxazole rings is 1. The zero-order chi connectivity index (χ0) is 15.2. The summed E-state index contributed by atoms with van der Waals surface area (Å²) in [5, 5.41) is 3.51. The highest BCUT2D eigenvalue weighted by molar-refractivity contribution is 7.84. The summed E-state index contributed by atoms with van der Waals surface area (Å²) in [7, 11) is -1.79. The average Bonchev–Trinajstić information content (AvgIpc) is 3.16. The van der Waals surface area contributed by atoms with Crippen molar-refractivity contribution in [2.24, 2.45) is 11.1 Å². The van der Waals surface area contributed by atoms with Gasteiger partial charge in [-0.2, -0.15) is 8.78 Å². The number of hydrogen-bond donors (Lipinski definition) is 0. The van der Waals surface area contributed by atoms with Crippen LogP contribution < -0.4 is 0 Å². The monoisotopic (exact) mass is 322 g/mol. The third kappa shape index (κ3) is 5.33. The molecule has 0 saturated heterocycles. The molecule has 1 saturated carbocycles. The number of hydrogen-bond acceptors (Lipinski definition) is 5. The van der Waals surface area contributed by atoms with Crippen molar-refractivity contribution in [2.75, 3.05) is 12.4 Å². The molecule has 1 aliphatic carbocycles. The van der Waals surface area contributed by atoms with Crippen LogP contribution in [0.25, 0.3) is 0 Å². The molecule has 0 radical (unpaired) electrons. The van der Waals surface area contributed by atoms with Crippen LogP contribution in [0.5, 0.6) is 0 Å². The second kappa shape index (κ2) is 7.39. The third-order valence-corrected chi connectivity index (χ3v) is 3.82. The molecule has 0 spiro atoms. The maximum atomic E-state index is 12.6. The Kier molecular flexibility index (Phi) is 5.54. The van der Waals surface area contributed by atoms with Crippen molar-refractivity contribution in [1.29, 1.82) is 0 Å². The van der Waals surface area contributed by atoms with Gasteiger partial charge in [0, 0.05) is 12.2 Å². The van der Waals surface area contributed by atoms with Crippen LogP contribution in [0.3, 0.4) is 0 Å². The molecule has 5 nitrogen and oxygen atoms in total. The van der Waals surface area contributed by atoms with Gasteiger partial charge >= 0.3 is 6.08 Å². The highest BCUT2D eigenvalue weighted by Gasteiger charge is 2.21. The van der Waals surface area contributed by atoms with E-state index in [4.69, 9.17) is 9.25 Å². The topological polar surface area (TPSA) is 64.7 Å². The highest BCUT2D eigenvalue weighted by Crippen LogP contribution is 2.28. The lowest BCUT2D eigenvalue weighted by Crippen LogP contribution is -1.99. The molecule has 0 N–H and O–H groups in total. The lowest BCUT2D eigenvalue weighted by molar-refractivity contribution is 0.135. The Morgan fingerprint density at radius 3 is 2.95 bits per heavy atom. The maximum absolute atomic E-state index is 12.6. The van der Waals surface area contributed by atoms with Crippen LogP contribution in [0, 0.1) is 5.92 Å². The number of allylic oxidation sites excluding steroid dienone is 1. The zero-order valence-corrected chi connectivity index (χ0v) is 11.7. The van der Waals surface area contributed by atoms with Crippen LogP contribution in [0.2, 0.25) is 0 Å². The second-order valence-corrected chi connectivity index (χ2v) is 5.92. The summed E-state index contributed by atoms with van der Waals surface area (Å²) in [4.78, 5) is 8.73. The Morgan fingerprint density at radius 1 is 1.52 bits per heavy atom. The van der Waals surface area contributed by atoms with Gasteiger partial charge in [-0.25, -0.2) is 13.6 Å². The normalized spacial score (nSPS) is 16.1. The Hall–Kier alpha value is -1.64. The summed E-state index contributed by atoms with van der Waals surface area (Å²) >= 11 is 0. The summed E-state index contributed by atoms with van der Waals surface area (Å²) in [6, 6.07) is 0. The van der Waals surface area contributed by atoms with Crippen molar-refractivity contribution in [1.82, 2.24) is 4.98 Å². The van der Waals surface area contributed by atoms with Crippen molar-refractivity contribution in [3.05, 3.63) is 23.9 Å². The fourth-order valence-electron chi connectivity index (χ4n) is 1.32. The van der Waals surface area contributed by atoms with E-state index >= 15 is 0 Å². The van der Waals surface area contributed by atoms with Crippen molar-refractivity contribution in [3.63, 3.8) is 0 Å². The predicted molar refractivity (Wildman–Crippen MR) is 69.0 cm³/mol. The van der Waals surface area contributed by atoms with Crippen LogP contribution in [-0.2, 0) is 15.6 Å². The van der Waals surface area contributed by atoms with Gasteiger partial charge in [0.15, 0.2) is 11.6 Å². The van der Waals surface area contributed by atoms with E-state index in [9.17, 15) is 17.4 Å². The molecule has 1 aromatic heterocycles. The largest absolute Gasteiger partial charge is 0.429 e. The Balaban J connectivity index is 1.80. The van der Waals surface area contributed by atoms with Gasteiger partial charge in [-0.3, -0.25) is 0 Å². The van der Waals surface area contributed by atoms with Crippen LogP contribution >= 0.6 is 0 Å². The van der Waals surface area contributed by atoms with Crippen LogP contribution in [0.15, 0.2) is 32.9 Å². The molecule has 1 fully saturated rings. The van der Waals surface area contributed by atoms with E-state index in [2.05, 4.69) is 10.1 Å². The first-order chi connectivity index (χ1) is 10.1. The molecule has 1 heterocycles. The SMILES string of the molecule is O=S(CCC(F)=C(F)F)c1ncc(/C=N/OCC2CC2)o1. The Morgan fingerprint density at radius 2 is 2.29 bits per heavy atom. The van der Waals surface area contributed by atoms with Gasteiger partial charge < -0.3 is 9.25 Å². The molecule has 0 aromatic carbocycles. The molecule has 1 aromatic rings. The van der Waals surface area contributed by atoms with Gasteiger partial charge in [-0.15, -0.1) is 0 Å². The number of oxime groups is 1. The van der Waals surface area contributed by atoms with Gasteiger partial charge in [0.2, 0.25) is 0 Å². The number of nitrogens with zero attached hydrogens (tertiary/aromatic N) is 2. The molecule has 1 atom stereocenters. The molecule has 0 amide bonds. The summed E-state index contributed by atoms with van der Waals surface area (Å²) in [5.74, 6) is -1.12. The number of halogens is 3. The number of aromatic nitrogens is 1. The van der Waals surface area contributed by atoms with Crippen molar-refractivity contribution < 1.29 is 26.6 Å². The molecule has 2 rings (SSSR count). The lowest BCUT2D eigenvalue weighted by atomic mass is 10.4. The average molecular weight is 322 g/mol. The summed E-state index contributed by atoms with van der Waals surface area (Å²) in [6.07, 6.45) is 1.80. The van der Waals surface area contributed by atoms with Crippen LogP contribution in [0.1, 0.15) is 25.0 Å². The van der Waals surface area contributed by atoms with Crippen LogP contribution in [0.4, 0.5) is 13.2 Å². The summed E-state index contributed by atoms with van der Waals surface area (Å²) in [6.45, 7) is 0.545. The van der Waals surface area contributed by atoms with Crippen molar-refractivity contribution in [3.8, 4) is 0 Å². The first-order valence-electron chi connectivity index (χ1n) is 6.25. The van der Waals surface area contributed by atoms with E-state index in [1.54, 1.807) is 0 Å². The first-order valence-corrected chi connectivity index (χ1v) is 7.57. The smallest absolute Gasteiger partial charge is 0.301 e. The molecule has 0 aliphatic heterocycles. The third-order valence-electron chi connectivity index (χ3n) is 2.67. The molecule has 116 valence electrons. The van der Waals surface area contributed by atoms with E-state index in [1.165, 1.54) is 12.4 Å². The molecular formula is C12H13F3N2O3S. The first kappa shape index (κ1) is 15.7. The zero-order valence-electron chi connectivity index (χ0n) is 10.9. The van der Waals surface area contributed by atoms with Gasteiger partial charge in [-0.05, 0) is 18.8 Å². The van der Waals surface area contributed by atoms with Crippen molar-refractivity contribution >= 4 is 17.0 Å². The van der Waals surface area contributed by atoms with Gasteiger partial charge in [0.25, 0.3) is 5.22 Å². The van der Waals surface area contributed by atoms with E-state index in [1.807, 2.05) is 0 Å². The second-order valence-electron chi connectivity index (χ2n) is 4.47. The summed E-state index contributed by atoms with van der Waals surface area (Å²) in [5.41, 5.74) is 0. The molecule has 9 heteroatoms. The maximum Gasteiger partial charge on any atom is 0.301 e. The molecule has 0 bridgehead atoms. The number of rotatable bonds is 8. The standard InChI is InChI=1S/C12H13F3N2O3S/c13-10(11(14)15)3-4-21(18)12-16-5-9(20-12)6-17-19-7-8-1-2-8/h5-6,8H,1-4,7H2/b17-6+. The van der Waals surface area contributed by atoms with Gasteiger partial charge in [0.1, 0.15) is 23.6 Å². The van der Waals surface area contributed by atoms with E-state index in [-0.39, 0.29) is 16.7 Å². The molecule has 1 unspecified atom stereocenters. The van der Waals surface area contributed by atoms with Crippen molar-refractivity contribution in [2.45, 2.75) is 24.5 Å². The minimum atomic E-state index is -2.40. The Bertz CT molecular complexity index is 566. The molecular weight excluding hydrogens is 309 g/mol. The van der Waals surface area contributed by atoms with E-state index < -0.39 is 29.1 Å². The minimum Gasteiger partial charge on any atom is -0.429 e. The van der Waals surface area contributed by atoms with E-state index in [0.29, 0.717) is 12.5 Å². The van der Waals surface area contributed by atoms with Gasteiger partial charge in [0.05, 0.1) is 6.20 Å². The summed E-state index contributed by atoms with van der Waals surface area (Å²) < 4.78 is 53.1. The predicted octanol–water partition coefficient (Wildman–Crippen LogP) is 3.01. The Labute approximate surface area is 121 Å². The minimum absolute atomic E-state index is 0.161. The van der Waals surface area contributed by atoms with Gasteiger partial charge in [-0.1, -0.05) is 5.16 Å². The fourth-order valence-corrected chi connectivity index (χ4v) is 2.22. The molecule has 1 aliphatic rings.